The zero-order valence-electron chi connectivity index (χ0n) is 9.57. The third-order valence-electron chi connectivity index (χ3n) is 2.88. The second kappa shape index (κ2) is 5.08. The molecule has 0 aliphatic carbocycles. The molecule has 1 saturated heterocycles. The van der Waals surface area contributed by atoms with E-state index in [1.165, 1.54) is 0 Å². The van der Waals surface area contributed by atoms with E-state index in [1.807, 2.05) is 11.9 Å². The molecule has 1 aliphatic rings. The van der Waals surface area contributed by atoms with Crippen LogP contribution in [0.2, 0.25) is 0 Å². The average molecular weight is 243 g/mol. The number of benzene rings is 1. The molecule has 2 atom stereocenters. The maximum Gasteiger partial charge on any atom is 0.126 e. The molecule has 94 valence electrons. The number of halogens is 2. The van der Waals surface area contributed by atoms with Gasteiger partial charge in [0.2, 0.25) is 0 Å². The van der Waals surface area contributed by atoms with Gasteiger partial charge in [-0.2, -0.15) is 0 Å². The van der Waals surface area contributed by atoms with Crippen molar-refractivity contribution in [2.45, 2.75) is 12.2 Å². The van der Waals surface area contributed by atoms with Crippen LogP contribution in [0.4, 0.5) is 8.78 Å². The van der Waals surface area contributed by atoms with E-state index in [-0.39, 0.29) is 5.56 Å². The fraction of sp³-hybridized carbons (Fsp3) is 0.500. The molecule has 0 saturated carbocycles. The number of morpholine rings is 1. The summed E-state index contributed by atoms with van der Waals surface area (Å²) < 4.78 is 31.5. The molecule has 1 aromatic carbocycles. The van der Waals surface area contributed by atoms with Gasteiger partial charge in [0.25, 0.3) is 0 Å². The number of ether oxygens (including phenoxy) is 1. The summed E-state index contributed by atoms with van der Waals surface area (Å²) in [6.07, 6.45) is -1.46. The van der Waals surface area contributed by atoms with Gasteiger partial charge in [0.15, 0.2) is 0 Å². The molecular weight excluding hydrogens is 228 g/mol. The predicted molar refractivity (Wildman–Crippen MR) is 58.6 cm³/mol. The smallest absolute Gasteiger partial charge is 0.126 e. The summed E-state index contributed by atoms with van der Waals surface area (Å²) in [5.41, 5.74) is 0.211. The highest BCUT2D eigenvalue weighted by Gasteiger charge is 2.26. The third kappa shape index (κ3) is 3.00. The lowest BCUT2D eigenvalue weighted by Crippen LogP contribution is -2.43. The molecule has 1 fully saturated rings. The molecule has 5 heteroatoms. The molecule has 3 nitrogen and oxygen atoms in total. The Morgan fingerprint density at radius 1 is 1.35 bits per heavy atom. The Balaban J connectivity index is 2.15. The highest BCUT2D eigenvalue weighted by molar-refractivity contribution is 5.21. The maximum absolute atomic E-state index is 13.0. The highest BCUT2D eigenvalue weighted by atomic mass is 19.1. The first-order chi connectivity index (χ1) is 8.06. The van der Waals surface area contributed by atoms with Crippen LogP contribution in [0.3, 0.4) is 0 Å². The molecule has 0 aromatic heterocycles. The number of likely N-dealkylation sites (N-methyl/N-ethyl adjacent to an activating group) is 1. The van der Waals surface area contributed by atoms with Gasteiger partial charge in [0.1, 0.15) is 23.8 Å². The van der Waals surface area contributed by atoms with Gasteiger partial charge in [-0.1, -0.05) is 0 Å². The van der Waals surface area contributed by atoms with Crippen molar-refractivity contribution in [3.63, 3.8) is 0 Å². The quantitative estimate of drug-likeness (QED) is 0.850. The van der Waals surface area contributed by atoms with E-state index in [0.29, 0.717) is 13.2 Å². The van der Waals surface area contributed by atoms with Gasteiger partial charge < -0.3 is 14.7 Å². The van der Waals surface area contributed by atoms with Crippen LogP contribution in [-0.2, 0) is 4.74 Å². The molecule has 1 aliphatic heterocycles. The molecular formula is C12H15F2NO2. The first-order valence-electron chi connectivity index (χ1n) is 5.50. The van der Waals surface area contributed by atoms with E-state index in [0.717, 1.165) is 24.7 Å². The van der Waals surface area contributed by atoms with Crippen LogP contribution in [0.25, 0.3) is 0 Å². The summed E-state index contributed by atoms with van der Waals surface area (Å²) in [6, 6.07) is 3.04. The minimum Gasteiger partial charge on any atom is -0.386 e. The van der Waals surface area contributed by atoms with Crippen LogP contribution in [-0.4, -0.2) is 42.9 Å². The Hall–Kier alpha value is -1.04. The van der Waals surface area contributed by atoms with Crippen LogP contribution in [0.15, 0.2) is 18.2 Å². The lowest BCUT2D eigenvalue weighted by atomic mass is 10.0. The van der Waals surface area contributed by atoms with Crippen LogP contribution in [0.1, 0.15) is 11.7 Å². The van der Waals surface area contributed by atoms with E-state index in [9.17, 15) is 13.9 Å². The summed E-state index contributed by atoms with van der Waals surface area (Å²) in [7, 11) is 1.91. The number of rotatable bonds is 2. The number of aliphatic hydroxyl groups excluding tert-OH is 1. The summed E-state index contributed by atoms with van der Waals surface area (Å²) in [6.45, 7) is 1.84. The number of aliphatic hydroxyl groups is 1. The Bertz CT molecular complexity index is 380. The fourth-order valence-electron chi connectivity index (χ4n) is 1.96. The Labute approximate surface area is 98.6 Å². The van der Waals surface area contributed by atoms with Crippen LogP contribution in [0.5, 0.6) is 0 Å². The molecule has 0 amide bonds. The normalized spacial score (nSPS) is 23.6. The number of hydrogen-bond donors (Lipinski definition) is 1. The van der Waals surface area contributed by atoms with E-state index in [4.69, 9.17) is 4.74 Å². The van der Waals surface area contributed by atoms with Gasteiger partial charge in [-0.15, -0.1) is 0 Å². The van der Waals surface area contributed by atoms with Crippen LogP contribution >= 0.6 is 0 Å². The maximum atomic E-state index is 13.0. The van der Waals surface area contributed by atoms with Crippen molar-refractivity contribution in [3.05, 3.63) is 35.4 Å². The van der Waals surface area contributed by atoms with E-state index in [1.54, 1.807) is 0 Å². The Morgan fingerprint density at radius 2 is 2.00 bits per heavy atom. The largest absolute Gasteiger partial charge is 0.386 e. The molecule has 1 N–H and O–H groups in total. The molecule has 0 spiro atoms. The van der Waals surface area contributed by atoms with E-state index < -0.39 is 23.8 Å². The molecule has 2 rings (SSSR count). The number of nitrogens with zero attached hydrogens (tertiary/aromatic N) is 1. The van der Waals surface area contributed by atoms with Crippen molar-refractivity contribution < 1.29 is 18.6 Å². The van der Waals surface area contributed by atoms with Gasteiger partial charge >= 0.3 is 0 Å². The van der Waals surface area contributed by atoms with Gasteiger partial charge in [0, 0.05) is 19.2 Å². The molecule has 17 heavy (non-hydrogen) atoms. The molecule has 2 unspecified atom stereocenters. The SMILES string of the molecule is CN1CCOC(C(O)c2cc(F)cc(F)c2)C1. The lowest BCUT2D eigenvalue weighted by Gasteiger charge is -2.33. The zero-order chi connectivity index (χ0) is 12.4. The monoisotopic (exact) mass is 243 g/mol. The second-order valence-electron chi connectivity index (χ2n) is 4.32. The van der Waals surface area contributed by atoms with Gasteiger partial charge in [-0.25, -0.2) is 8.78 Å². The topological polar surface area (TPSA) is 32.7 Å². The second-order valence-corrected chi connectivity index (χ2v) is 4.32. The zero-order valence-corrected chi connectivity index (χ0v) is 9.57. The summed E-state index contributed by atoms with van der Waals surface area (Å²) in [5, 5.41) is 10.0. The summed E-state index contributed by atoms with van der Waals surface area (Å²) in [4.78, 5) is 2.01. The standard InChI is InChI=1S/C12H15F2NO2/c1-15-2-3-17-11(7-15)12(16)8-4-9(13)6-10(14)5-8/h4-6,11-12,16H,2-3,7H2,1H3. The van der Waals surface area contributed by atoms with Gasteiger partial charge in [-0.05, 0) is 24.7 Å². The molecule has 0 radical (unpaired) electrons. The van der Waals surface area contributed by atoms with E-state index >= 15 is 0 Å². The van der Waals surface area contributed by atoms with Crippen molar-refractivity contribution in [3.8, 4) is 0 Å². The van der Waals surface area contributed by atoms with Crippen molar-refractivity contribution in [2.75, 3.05) is 26.7 Å². The highest BCUT2D eigenvalue weighted by Crippen LogP contribution is 2.23. The summed E-state index contributed by atoms with van der Waals surface area (Å²) >= 11 is 0. The van der Waals surface area contributed by atoms with Crippen LogP contribution in [0, 0.1) is 11.6 Å². The number of hydrogen-bond acceptors (Lipinski definition) is 3. The van der Waals surface area contributed by atoms with E-state index in [2.05, 4.69) is 0 Å². The fourth-order valence-corrected chi connectivity index (χ4v) is 1.96. The average Bonchev–Trinajstić information content (AvgIpc) is 2.26. The van der Waals surface area contributed by atoms with Gasteiger partial charge in [0.05, 0.1) is 6.61 Å². The molecule has 1 heterocycles. The van der Waals surface area contributed by atoms with Crippen molar-refractivity contribution in [1.29, 1.82) is 0 Å². The summed E-state index contributed by atoms with van der Waals surface area (Å²) in [5.74, 6) is -1.38. The molecule has 1 aromatic rings. The van der Waals surface area contributed by atoms with Crippen LogP contribution < -0.4 is 0 Å². The van der Waals surface area contributed by atoms with Crippen molar-refractivity contribution >= 4 is 0 Å². The lowest BCUT2D eigenvalue weighted by molar-refractivity contribution is -0.0846. The predicted octanol–water partition coefficient (Wildman–Crippen LogP) is 1.33. The first kappa shape index (κ1) is 12.4. The van der Waals surface area contributed by atoms with Crippen molar-refractivity contribution in [1.82, 2.24) is 4.90 Å². The molecule has 0 bridgehead atoms. The van der Waals surface area contributed by atoms with Gasteiger partial charge in [-0.3, -0.25) is 0 Å². The van der Waals surface area contributed by atoms with Crippen molar-refractivity contribution in [2.24, 2.45) is 0 Å². The minimum absolute atomic E-state index is 0.211. The Morgan fingerprint density at radius 3 is 2.59 bits per heavy atom. The minimum atomic E-state index is -1.01. The Kier molecular flexibility index (Phi) is 3.71. The first-order valence-corrected chi connectivity index (χ1v) is 5.50. The third-order valence-corrected chi connectivity index (χ3v) is 2.88.